The average molecular weight is 1600 g/mol. The Hall–Kier alpha value is -11.4. The SMILES string of the molecule is COCCOC[C@H]1COC(=O)N1c1noc2c(F)c3c(cc12)CC1(C(=O)NC(=O)NC1=O)[C@H]1[C@H](C)O[C@H](C)CN31.C[C@@H]1CN2c3c(cc4c(N5C(=O)OC[C@@H]5C(F)F)noc4c3F)CC3(C(=O)NC(=O)NC3=O)[C@H]2[C@H](C)O1.C[C@@H]1CN2c3c(cc4c(N5C(=O)OC[C@@H]5C5CC5)noc4c3F)CC3(C(=O)NC(=O)NC3=O)[C@H]2[C@H](C)O1. The number of hydrogen-bond acceptors (Lipinski definition) is 29. The second-order valence-electron chi connectivity index (χ2n) is 30.5. The van der Waals surface area contributed by atoms with E-state index in [0.29, 0.717) is 29.2 Å². The Balaban J connectivity index is 0.000000124. The predicted molar refractivity (Wildman–Crippen MR) is 373 cm³/mol. The van der Waals surface area contributed by atoms with Crippen LogP contribution in [0, 0.1) is 39.6 Å². The van der Waals surface area contributed by atoms with Crippen LogP contribution in [0.1, 0.15) is 71.1 Å². The van der Waals surface area contributed by atoms with Crippen molar-refractivity contribution in [1.29, 1.82) is 0 Å². The lowest BCUT2D eigenvalue weighted by molar-refractivity contribution is -0.154. The third-order valence-electron chi connectivity index (χ3n) is 23.5. The van der Waals surface area contributed by atoms with Crippen LogP contribution in [0.15, 0.2) is 31.8 Å². The van der Waals surface area contributed by atoms with Crippen LogP contribution >= 0.6 is 0 Å². The number of nitrogens with one attached hydrogen (secondary N) is 6. The molecule has 43 heteroatoms. The number of urea groups is 3. The molecule has 15 amide bonds. The Morgan fingerprint density at radius 1 is 0.474 bits per heavy atom. The van der Waals surface area contributed by atoms with E-state index in [1.54, 1.807) is 56.6 Å². The molecule has 9 saturated heterocycles. The van der Waals surface area contributed by atoms with Gasteiger partial charge >= 0.3 is 36.4 Å². The summed E-state index contributed by atoms with van der Waals surface area (Å²) in [5, 5.41) is 25.1. The molecule has 6 N–H and O–H groups in total. The van der Waals surface area contributed by atoms with Crippen LogP contribution in [0.25, 0.3) is 32.9 Å². The zero-order chi connectivity index (χ0) is 80.5. The fraction of sp³-hybridized carbons (Fsp3) is 0.535. The van der Waals surface area contributed by atoms with E-state index in [1.165, 1.54) is 27.9 Å². The second kappa shape index (κ2) is 27.4. The first-order valence-electron chi connectivity index (χ1n) is 36.7. The largest absolute Gasteiger partial charge is 0.447 e. The van der Waals surface area contributed by atoms with Crippen molar-refractivity contribution in [1.82, 2.24) is 47.4 Å². The van der Waals surface area contributed by atoms with E-state index in [-0.39, 0.29) is 150 Å². The number of rotatable bonds is 10. The highest BCUT2D eigenvalue weighted by molar-refractivity contribution is 6.23. The monoisotopic (exact) mass is 1600 g/mol. The average Bonchev–Trinajstić information content (AvgIpc) is 0.981. The molecule has 15 heterocycles. The zero-order valence-corrected chi connectivity index (χ0v) is 61.5. The van der Waals surface area contributed by atoms with Crippen molar-refractivity contribution in [3.8, 4) is 0 Å². The molecule has 0 radical (unpaired) electrons. The molecule has 114 heavy (non-hydrogen) atoms. The van der Waals surface area contributed by atoms with E-state index >= 15 is 13.2 Å². The molecule has 3 spiro atoms. The highest BCUT2D eigenvalue weighted by atomic mass is 19.3. The number of morpholine rings is 3. The van der Waals surface area contributed by atoms with Crippen molar-refractivity contribution in [2.45, 2.75) is 153 Å². The molecule has 3 aromatic heterocycles. The van der Waals surface area contributed by atoms with Crippen molar-refractivity contribution < 1.29 is 131 Å². The number of hydrogen-bond donors (Lipinski definition) is 6. The molecule has 13 aliphatic rings. The number of halogens is 5. The Morgan fingerprint density at radius 2 is 0.816 bits per heavy atom. The molecule has 38 nitrogen and oxygen atoms in total. The summed E-state index contributed by atoms with van der Waals surface area (Å²) < 4.78 is 136. The van der Waals surface area contributed by atoms with E-state index in [2.05, 4.69) is 47.4 Å². The lowest BCUT2D eigenvalue weighted by Gasteiger charge is -2.55. The van der Waals surface area contributed by atoms with Crippen molar-refractivity contribution in [2.75, 3.05) is 95.8 Å². The van der Waals surface area contributed by atoms with Gasteiger partial charge in [-0.25, -0.2) is 60.5 Å². The smallest absolute Gasteiger partial charge is 0.416 e. The highest BCUT2D eigenvalue weighted by Crippen LogP contribution is 2.55. The molecular formula is C71H72F5N15O23. The molecular weight excluding hydrogens is 1530 g/mol. The van der Waals surface area contributed by atoms with Crippen molar-refractivity contribution >= 4 is 139 Å². The van der Waals surface area contributed by atoms with Gasteiger partial charge in [0, 0.05) is 46.0 Å². The number of alkyl halides is 2. The standard InChI is InChI=1S/C25H28FN5O9.C24H24FN5O7.C22H20F3N5O7/c1-11-8-30-17-13(7-25(19(30)12(2)39-11)21(32)27-23(34)28-22(25)33)6-15-18(16(17)26)40-29-20(15)31-14(10-38-24(31)35)9-37-5-4-36-3;1-9-7-29-16-12(6-24(18(29)10(2)36-9)20(31)26-22(33)27-21(24)32)5-13-17(15(16)25)37-28-19(13)30-14(11-3-4-11)8-35-23(30)34;1-7-5-29-13-9(4-22(15(29)8(2)36-7)18(31)26-20(33)27-19(22)32)3-10-14(12(13)23)37-28-17(10)30-11(16(24)25)6-35-21(30)34/h6,11-12,14,19H,4-5,7-10H2,1-3H3,(H2,27,28,32,33,34);5,9-11,14,18H,3-4,6-8H2,1-2H3,(H2,26,27,31,32,33);3,7-8,11,15-16H,4-6H2,1-2H3,(H2,26,27,31,32,33)/t11-,12+,14+,19-;9-,10+,14-,18-;7-,8+,11-,15-/m111/s1. The molecule has 10 fully saturated rings. The van der Waals surface area contributed by atoms with Crippen LogP contribution in [0.2, 0.25) is 0 Å². The molecule has 0 bridgehead atoms. The second-order valence-corrected chi connectivity index (χ2v) is 30.5. The normalized spacial score (nSPS) is 29.0. The van der Waals surface area contributed by atoms with E-state index in [4.69, 9.17) is 51.5 Å². The molecule has 19 rings (SSSR count). The fourth-order valence-electron chi connectivity index (χ4n) is 18.9. The van der Waals surface area contributed by atoms with Gasteiger partial charge in [-0.2, -0.15) is 0 Å². The van der Waals surface area contributed by atoms with Gasteiger partial charge in [0.05, 0.1) is 120 Å². The number of barbiturate groups is 3. The Bertz CT molecular complexity index is 4930. The number of carbonyl (C=O) groups excluding carboxylic acids is 12. The zero-order valence-electron chi connectivity index (χ0n) is 61.5. The van der Waals surface area contributed by atoms with E-state index in [9.17, 15) is 66.3 Å². The van der Waals surface area contributed by atoms with Crippen LogP contribution < -0.4 is 61.3 Å². The number of nitrogens with zero attached hydrogens (tertiary/aromatic N) is 9. The van der Waals surface area contributed by atoms with Gasteiger partial charge in [0.15, 0.2) is 51.2 Å². The van der Waals surface area contributed by atoms with Gasteiger partial charge < -0.3 is 66.2 Å². The van der Waals surface area contributed by atoms with Gasteiger partial charge in [-0.05, 0) is 95.2 Å². The molecule has 3 aromatic carbocycles. The molecule has 1 saturated carbocycles. The number of methoxy groups -OCH3 is 1. The first-order chi connectivity index (χ1) is 54.4. The molecule has 604 valence electrons. The molecule has 0 unspecified atom stereocenters. The molecule has 12 aliphatic heterocycles. The number of imide groups is 6. The van der Waals surface area contributed by atoms with Gasteiger partial charge in [-0.3, -0.25) is 65.6 Å². The summed E-state index contributed by atoms with van der Waals surface area (Å²) in [4.78, 5) is 161. The minimum absolute atomic E-state index is 0.0205. The third kappa shape index (κ3) is 11.3. The van der Waals surface area contributed by atoms with E-state index in [0.717, 1.165) is 12.8 Å². The van der Waals surface area contributed by atoms with E-state index in [1.807, 2.05) is 6.92 Å². The Morgan fingerprint density at radius 3 is 1.18 bits per heavy atom. The maximum absolute atomic E-state index is 16.3. The van der Waals surface area contributed by atoms with Crippen LogP contribution in [0.5, 0.6) is 0 Å². The first-order valence-corrected chi connectivity index (χ1v) is 36.7. The molecule has 12 atom stereocenters. The van der Waals surface area contributed by atoms with Crippen LogP contribution in [0.3, 0.4) is 0 Å². The number of carbonyl (C=O) groups is 12. The van der Waals surface area contributed by atoms with Crippen LogP contribution in [0.4, 0.5) is 85.2 Å². The summed E-state index contributed by atoms with van der Waals surface area (Å²) in [6.45, 7) is 11.3. The Labute approximate surface area is 638 Å². The number of cyclic esters (lactones) is 3. The van der Waals surface area contributed by atoms with Crippen molar-refractivity contribution in [3.63, 3.8) is 0 Å². The summed E-state index contributed by atoms with van der Waals surface area (Å²) in [6.07, 6.45) is -7.37. The van der Waals surface area contributed by atoms with Crippen molar-refractivity contribution in [2.24, 2.45) is 22.2 Å². The summed E-state index contributed by atoms with van der Waals surface area (Å²) in [5.41, 5.74) is -4.93. The molecule has 6 aromatic rings. The van der Waals surface area contributed by atoms with Gasteiger partial charge in [0.25, 0.3) is 6.43 Å². The summed E-state index contributed by atoms with van der Waals surface area (Å²) in [5.74, 6) is -7.18. The maximum Gasteiger partial charge on any atom is 0.416 e. The topological polar surface area (TPSA) is 448 Å². The number of amides is 15. The Kier molecular flexibility index (Phi) is 18.1. The lowest BCUT2D eigenvalue weighted by Crippen LogP contribution is -2.75. The minimum Gasteiger partial charge on any atom is -0.447 e. The predicted octanol–water partition coefficient (Wildman–Crippen LogP) is 3.89. The van der Waals surface area contributed by atoms with Gasteiger partial charge in [0.1, 0.15) is 25.9 Å². The summed E-state index contributed by atoms with van der Waals surface area (Å²) in [6, 6.07) is -3.52. The van der Waals surface area contributed by atoms with Gasteiger partial charge in [-0.15, -0.1) is 0 Å². The van der Waals surface area contributed by atoms with E-state index < -0.39 is 179 Å². The van der Waals surface area contributed by atoms with Gasteiger partial charge in [0.2, 0.25) is 52.2 Å². The molecule has 1 aliphatic carbocycles. The summed E-state index contributed by atoms with van der Waals surface area (Å²) in [7, 11) is 1.54. The third-order valence-corrected chi connectivity index (χ3v) is 23.5. The fourth-order valence-corrected chi connectivity index (χ4v) is 18.9. The number of anilines is 6. The number of ether oxygens (including phenoxy) is 8. The van der Waals surface area contributed by atoms with Crippen LogP contribution in [-0.4, -0.2) is 233 Å². The summed E-state index contributed by atoms with van der Waals surface area (Å²) >= 11 is 0. The lowest BCUT2D eigenvalue weighted by atomic mass is 9.66. The highest BCUT2D eigenvalue weighted by Gasteiger charge is 2.67. The van der Waals surface area contributed by atoms with Gasteiger partial charge in [-0.1, -0.05) is 15.5 Å². The number of fused-ring (bicyclic) bond motifs is 15. The quantitative estimate of drug-likeness (QED) is 0.0490. The van der Waals surface area contributed by atoms with Crippen LogP contribution in [-0.2, 0) is 85.9 Å². The number of aromatic nitrogens is 3. The number of benzene rings is 3. The first kappa shape index (κ1) is 75.3. The minimum atomic E-state index is -2.98. The maximum atomic E-state index is 16.3. The van der Waals surface area contributed by atoms with Crippen molar-refractivity contribution in [3.05, 3.63) is 52.3 Å².